The van der Waals surface area contributed by atoms with E-state index in [4.69, 9.17) is 26.2 Å². The SMILES string of the molecule is CCOc1cc(/C=C(\C#N)C(=O)Nc2ccc(Cl)cc2)ccc1OCC(=O)O. The quantitative estimate of drug-likeness (QED) is 0.516. The summed E-state index contributed by atoms with van der Waals surface area (Å²) in [5.74, 6) is -1.12. The van der Waals surface area contributed by atoms with E-state index in [2.05, 4.69) is 5.32 Å². The molecule has 2 aromatic rings. The first-order chi connectivity index (χ1) is 13.4. The molecular weight excluding hydrogens is 384 g/mol. The summed E-state index contributed by atoms with van der Waals surface area (Å²) in [5.41, 5.74) is 0.911. The molecule has 2 N–H and O–H groups in total. The van der Waals surface area contributed by atoms with Gasteiger partial charge in [-0.1, -0.05) is 17.7 Å². The molecule has 0 aliphatic heterocycles. The van der Waals surface area contributed by atoms with Crippen molar-refractivity contribution >= 4 is 35.2 Å². The van der Waals surface area contributed by atoms with E-state index < -0.39 is 18.5 Å². The third kappa shape index (κ3) is 6.04. The zero-order valence-corrected chi connectivity index (χ0v) is 15.7. The predicted octanol–water partition coefficient (Wildman–Crippen LogP) is 3.75. The Morgan fingerprint density at radius 3 is 2.50 bits per heavy atom. The van der Waals surface area contributed by atoms with E-state index in [-0.39, 0.29) is 11.3 Å². The number of nitriles is 1. The highest BCUT2D eigenvalue weighted by molar-refractivity contribution is 6.30. The number of amides is 1. The third-order valence-electron chi connectivity index (χ3n) is 3.40. The number of ether oxygens (including phenoxy) is 2. The van der Waals surface area contributed by atoms with Crippen molar-refractivity contribution in [3.8, 4) is 17.6 Å². The van der Waals surface area contributed by atoms with Gasteiger partial charge in [0.1, 0.15) is 11.6 Å². The Kier molecular flexibility index (Phi) is 7.43. The largest absolute Gasteiger partial charge is 0.490 e. The molecule has 8 heteroatoms. The van der Waals surface area contributed by atoms with Crippen LogP contribution in [0.15, 0.2) is 48.0 Å². The Bertz CT molecular complexity index is 933. The van der Waals surface area contributed by atoms with Crippen molar-refractivity contribution in [1.29, 1.82) is 5.26 Å². The van der Waals surface area contributed by atoms with Crippen LogP contribution in [-0.2, 0) is 9.59 Å². The zero-order chi connectivity index (χ0) is 20.5. The summed E-state index contributed by atoms with van der Waals surface area (Å²) in [6.07, 6.45) is 1.40. The number of hydrogen-bond donors (Lipinski definition) is 2. The van der Waals surface area contributed by atoms with Gasteiger partial charge in [-0.3, -0.25) is 4.79 Å². The number of aliphatic carboxylic acids is 1. The van der Waals surface area contributed by atoms with Crippen molar-refractivity contribution in [3.05, 3.63) is 58.6 Å². The smallest absolute Gasteiger partial charge is 0.341 e. The van der Waals surface area contributed by atoms with E-state index in [1.165, 1.54) is 12.1 Å². The molecule has 0 aliphatic rings. The van der Waals surface area contributed by atoms with Gasteiger partial charge in [-0.05, 0) is 55.0 Å². The lowest BCUT2D eigenvalue weighted by Gasteiger charge is -2.11. The van der Waals surface area contributed by atoms with Gasteiger partial charge in [0.2, 0.25) is 0 Å². The van der Waals surface area contributed by atoms with Crippen LogP contribution in [0.4, 0.5) is 5.69 Å². The maximum atomic E-state index is 12.3. The van der Waals surface area contributed by atoms with E-state index in [1.807, 2.05) is 6.07 Å². The van der Waals surface area contributed by atoms with Crippen LogP contribution < -0.4 is 14.8 Å². The van der Waals surface area contributed by atoms with Crippen molar-refractivity contribution in [2.45, 2.75) is 6.92 Å². The molecule has 0 radical (unpaired) electrons. The lowest BCUT2D eigenvalue weighted by molar-refractivity contribution is -0.139. The van der Waals surface area contributed by atoms with Gasteiger partial charge in [0.05, 0.1) is 6.61 Å². The number of benzene rings is 2. The second-order valence-electron chi connectivity index (χ2n) is 5.45. The number of carboxylic acid groups (broad SMARTS) is 1. The fourth-order valence-corrected chi connectivity index (χ4v) is 2.31. The molecule has 7 nitrogen and oxygen atoms in total. The minimum atomic E-state index is -1.11. The first-order valence-electron chi connectivity index (χ1n) is 8.23. The summed E-state index contributed by atoms with van der Waals surface area (Å²) in [6.45, 7) is 1.59. The topological polar surface area (TPSA) is 109 Å². The number of halogens is 1. The predicted molar refractivity (Wildman–Crippen MR) is 104 cm³/mol. The number of nitrogens with zero attached hydrogens (tertiary/aromatic N) is 1. The fraction of sp³-hybridized carbons (Fsp3) is 0.150. The van der Waals surface area contributed by atoms with Crippen LogP contribution in [-0.4, -0.2) is 30.2 Å². The highest BCUT2D eigenvalue weighted by Gasteiger charge is 2.12. The molecule has 0 bridgehead atoms. The van der Waals surface area contributed by atoms with Gasteiger partial charge in [0.15, 0.2) is 18.1 Å². The number of nitrogens with one attached hydrogen (secondary N) is 1. The van der Waals surface area contributed by atoms with Crippen LogP contribution in [0.3, 0.4) is 0 Å². The van der Waals surface area contributed by atoms with Gasteiger partial charge in [0.25, 0.3) is 5.91 Å². The molecule has 144 valence electrons. The first-order valence-corrected chi connectivity index (χ1v) is 8.61. The minimum absolute atomic E-state index is 0.114. The average Bonchev–Trinajstić information content (AvgIpc) is 2.67. The highest BCUT2D eigenvalue weighted by Crippen LogP contribution is 2.29. The molecule has 0 fully saturated rings. The van der Waals surface area contributed by atoms with Crippen LogP contribution in [0.2, 0.25) is 5.02 Å². The second-order valence-corrected chi connectivity index (χ2v) is 5.89. The average molecular weight is 401 g/mol. The Morgan fingerprint density at radius 1 is 1.18 bits per heavy atom. The van der Waals surface area contributed by atoms with Crippen molar-refractivity contribution in [3.63, 3.8) is 0 Å². The molecule has 0 saturated carbocycles. The highest BCUT2D eigenvalue weighted by atomic mass is 35.5. The van der Waals surface area contributed by atoms with E-state index in [0.717, 1.165) is 0 Å². The van der Waals surface area contributed by atoms with Crippen LogP contribution in [0.1, 0.15) is 12.5 Å². The van der Waals surface area contributed by atoms with Crippen LogP contribution >= 0.6 is 11.6 Å². The van der Waals surface area contributed by atoms with Crippen LogP contribution in [0.25, 0.3) is 6.08 Å². The van der Waals surface area contributed by atoms with Crippen molar-refractivity contribution in [1.82, 2.24) is 0 Å². The molecule has 28 heavy (non-hydrogen) atoms. The maximum Gasteiger partial charge on any atom is 0.341 e. The van der Waals surface area contributed by atoms with Crippen molar-refractivity contribution in [2.24, 2.45) is 0 Å². The summed E-state index contributed by atoms with van der Waals surface area (Å²) in [7, 11) is 0. The lowest BCUT2D eigenvalue weighted by atomic mass is 10.1. The van der Waals surface area contributed by atoms with Crippen molar-refractivity contribution < 1.29 is 24.2 Å². The molecule has 2 aromatic carbocycles. The van der Waals surface area contributed by atoms with Crippen LogP contribution in [0, 0.1) is 11.3 Å². The van der Waals surface area contributed by atoms with Gasteiger partial charge in [0, 0.05) is 10.7 Å². The van der Waals surface area contributed by atoms with Gasteiger partial charge in [-0.2, -0.15) is 5.26 Å². The number of rotatable bonds is 8. The molecule has 0 aliphatic carbocycles. The number of carbonyl (C=O) groups excluding carboxylic acids is 1. The number of carbonyl (C=O) groups is 2. The molecule has 0 aromatic heterocycles. The van der Waals surface area contributed by atoms with E-state index in [1.54, 1.807) is 43.3 Å². The Balaban J connectivity index is 2.23. The molecule has 0 saturated heterocycles. The van der Waals surface area contributed by atoms with Gasteiger partial charge in [-0.15, -0.1) is 0 Å². The maximum absolute atomic E-state index is 12.3. The second kappa shape index (κ2) is 10.00. The zero-order valence-electron chi connectivity index (χ0n) is 14.9. The number of anilines is 1. The fourth-order valence-electron chi connectivity index (χ4n) is 2.19. The molecular formula is C20H17ClN2O5. The summed E-state index contributed by atoms with van der Waals surface area (Å²) in [5, 5.41) is 21.2. The van der Waals surface area contributed by atoms with E-state index in [0.29, 0.717) is 28.6 Å². The summed E-state index contributed by atoms with van der Waals surface area (Å²) in [4.78, 5) is 23.0. The molecule has 2 rings (SSSR count). The Hall–Kier alpha value is -3.50. The van der Waals surface area contributed by atoms with E-state index >= 15 is 0 Å². The van der Waals surface area contributed by atoms with Crippen LogP contribution in [0.5, 0.6) is 11.5 Å². The van der Waals surface area contributed by atoms with E-state index in [9.17, 15) is 14.9 Å². The molecule has 0 unspecified atom stereocenters. The summed E-state index contributed by atoms with van der Waals surface area (Å²) in [6, 6.07) is 13.0. The first kappa shape index (κ1) is 20.8. The van der Waals surface area contributed by atoms with Crippen molar-refractivity contribution in [2.75, 3.05) is 18.5 Å². The number of carboxylic acids is 1. The Labute approximate surface area is 166 Å². The monoisotopic (exact) mass is 400 g/mol. The normalized spacial score (nSPS) is 10.7. The molecule has 0 atom stereocenters. The molecule has 0 spiro atoms. The summed E-state index contributed by atoms with van der Waals surface area (Å²) < 4.78 is 10.6. The Morgan fingerprint density at radius 2 is 1.89 bits per heavy atom. The lowest BCUT2D eigenvalue weighted by Crippen LogP contribution is -2.13. The van der Waals surface area contributed by atoms with Gasteiger partial charge >= 0.3 is 5.97 Å². The molecule has 1 amide bonds. The standard InChI is InChI=1S/C20H17ClN2O5/c1-2-27-18-10-13(3-8-17(18)28-12-19(24)25)9-14(11-22)20(26)23-16-6-4-15(21)5-7-16/h3-10H,2,12H2,1H3,(H,23,26)(H,24,25)/b14-9+. The number of hydrogen-bond acceptors (Lipinski definition) is 5. The summed E-state index contributed by atoms with van der Waals surface area (Å²) >= 11 is 5.81. The minimum Gasteiger partial charge on any atom is -0.490 e. The molecule has 0 heterocycles. The van der Waals surface area contributed by atoms with Gasteiger partial charge < -0.3 is 19.9 Å². The van der Waals surface area contributed by atoms with Gasteiger partial charge in [-0.25, -0.2) is 4.79 Å². The third-order valence-corrected chi connectivity index (χ3v) is 3.65.